The van der Waals surface area contributed by atoms with Crippen molar-refractivity contribution in [3.05, 3.63) is 11.4 Å². The molecule has 22 heavy (non-hydrogen) atoms. The average Bonchev–Trinajstić information content (AvgIpc) is 3.12. The fourth-order valence-corrected chi connectivity index (χ4v) is 3.61. The highest BCUT2D eigenvalue weighted by atomic mass is 32.2. The number of carbonyl (C=O) groups excluding carboxylic acids is 1. The summed E-state index contributed by atoms with van der Waals surface area (Å²) in [5.74, 6) is 0.252. The zero-order chi connectivity index (χ0) is 15.7. The molecule has 7 nitrogen and oxygen atoms in total. The zero-order valence-electron chi connectivity index (χ0n) is 12.7. The van der Waals surface area contributed by atoms with Gasteiger partial charge in [0.1, 0.15) is 0 Å². The van der Waals surface area contributed by atoms with Crippen molar-refractivity contribution in [1.29, 1.82) is 0 Å². The second-order valence-corrected chi connectivity index (χ2v) is 7.50. The SMILES string of the molecule is Cc1nn(C)c(C)c1NC(=O)CSc1nnc(NC2CC2)s1. The number of aryl methyl sites for hydroxylation is 2. The number of rotatable bonds is 6. The van der Waals surface area contributed by atoms with Crippen molar-refractivity contribution in [3.8, 4) is 0 Å². The van der Waals surface area contributed by atoms with Gasteiger partial charge >= 0.3 is 0 Å². The Kier molecular flexibility index (Phi) is 4.34. The van der Waals surface area contributed by atoms with Crippen LogP contribution in [0.1, 0.15) is 24.2 Å². The Morgan fingerprint density at radius 3 is 2.82 bits per heavy atom. The molecule has 0 aromatic carbocycles. The van der Waals surface area contributed by atoms with Crippen LogP contribution in [-0.4, -0.2) is 37.7 Å². The smallest absolute Gasteiger partial charge is 0.234 e. The molecule has 118 valence electrons. The standard InChI is InChI=1S/C13H18N6OS2/c1-7-11(8(2)19(3)18-7)15-10(20)6-21-13-17-16-12(22-13)14-9-4-5-9/h9H,4-6H2,1-3H3,(H,14,16)(H,15,20). The zero-order valence-corrected chi connectivity index (χ0v) is 14.3. The summed E-state index contributed by atoms with van der Waals surface area (Å²) in [4.78, 5) is 12.1. The third-order valence-corrected chi connectivity index (χ3v) is 5.40. The highest BCUT2D eigenvalue weighted by molar-refractivity contribution is 8.01. The van der Waals surface area contributed by atoms with Crippen molar-refractivity contribution < 1.29 is 4.79 Å². The molecular weight excluding hydrogens is 320 g/mol. The minimum Gasteiger partial charge on any atom is -0.357 e. The third kappa shape index (κ3) is 3.58. The van der Waals surface area contributed by atoms with Crippen LogP contribution in [0.2, 0.25) is 0 Å². The average molecular weight is 338 g/mol. The van der Waals surface area contributed by atoms with Gasteiger partial charge in [0.25, 0.3) is 0 Å². The first-order chi connectivity index (χ1) is 10.5. The summed E-state index contributed by atoms with van der Waals surface area (Å²) < 4.78 is 2.57. The van der Waals surface area contributed by atoms with E-state index < -0.39 is 0 Å². The van der Waals surface area contributed by atoms with Gasteiger partial charge in [-0.05, 0) is 26.7 Å². The molecule has 9 heteroatoms. The van der Waals surface area contributed by atoms with Crippen LogP contribution < -0.4 is 10.6 Å². The summed E-state index contributed by atoms with van der Waals surface area (Å²) in [5, 5.41) is 19.5. The number of carbonyl (C=O) groups is 1. The Labute approximate surface area is 136 Å². The molecule has 0 aliphatic heterocycles. The molecule has 2 aromatic rings. The van der Waals surface area contributed by atoms with E-state index in [1.54, 1.807) is 4.68 Å². The van der Waals surface area contributed by atoms with Gasteiger partial charge < -0.3 is 10.6 Å². The number of amides is 1. The molecule has 0 atom stereocenters. The van der Waals surface area contributed by atoms with Gasteiger partial charge in [0, 0.05) is 13.1 Å². The molecule has 0 radical (unpaired) electrons. The van der Waals surface area contributed by atoms with Crippen molar-refractivity contribution in [1.82, 2.24) is 20.0 Å². The molecule has 2 N–H and O–H groups in total. The van der Waals surface area contributed by atoms with Gasteiger partial charge in [0.05, 0.1) is 22.8 Å². The summed E-state index contributed by atoms with van der Waals surface area (Å²) in [5.41, 5.74) is 2.56. The molecule has 3 rings (SSSR count). The fourth-order valence-electron chi connectivity index (χ4n) is 1.99. The summed E-state index contributed by atoms with van der Waals surface area (Å²) in [6.07, 6.45) is 2.41. The molecule has 1 amide bonds. The number of nitrogens with one attached hydrogen (secondary N) is 2. The van der Waals surface area contributed by atoms with Crippen molar-refractivity contribution in [2.45, 2.75) is 37.1 Å². The molecule has 0 bridgehead atoms. The second kappa shape index (κ2) is 6.25. The maximum Gasteiger partial charge on any atom is 0.234 e. The minimum atomic E-state index is -0.0592. The van der Waals surface area contributed by atoms with Gasteiger partial charge in [-0.2, -0.15) is 5.10 Å². The van der Waals surface area contributed by atoms with Crippen LogP contribution in [0, 0.1) is 13.8 Å². The molecule has 1 saturated carbocycles. The number of nitrogens with zero attached hydrogens (tertiary/aromatic N) is 4. The van der Waals surface area contributed by atoms with Gasteiger partial charge in [-0.15, -0.1) is 10.2 Å². The van der Waals surface area contributed by atoms with E-state index in [9.17, 15) is 4.79 Å². The van der Waals surface area contributed by atoms with Crippen LogP contribution in [0.4, 0.5) is 10.8 Å². The Balaban J connectivity index is 1.52. The molecule has 1 aliphatic rings. The quantitative estimate of drug-likeness (QED) is 0.786. The van der Waals surface area contributed by atoms with E-state index in [0.29, 0.717) is 11.8 Å². The topological polar surface area (TPSA) is 84.7 Å². The van der Waals surface area contributed by atoms with Crippen molar-refractivity contribution in [2.24, 2.45) is 7.05 Å². The van der Waals surface area contributed by atoms with E-state index in [4.69, 9.17) is 0 Å². The van der Waals surface area contributed by atoms with Gasteiger partial charge in [-0.3, -0.25) is 9.48 Å². The van der Waals surface area contributed by atoms with E-state index >= 15 is 0 Å². The third-order valence-electron chi connectivity index (χ3n) is 3.41. The highest BCUT2D eigenvalue weighted by Crippen LogP contribution is 2.30. The monoisotopic (exact) mass is 338 g/mol. The first-order valence-corrected chi connectivity index (χ1v) is 8.86. The van der Waals surface area contributed by atoms with Crippen LogP contribution in [0.5, 0.6) is 0 Å². The van der Waals surface area contributed by atoms with Crippen LogP contribution in [0.3, 0.4) is 0 Å². The number of aromatic nitrogens is 4. The normalized spacial score (nSPS) is 14.1. The lowest BCUT2D eigenvalue weighted by Crippen LogP contribution is -2.15. The van der Waals surface area contributed by atoms with Crippen molar-refractivity contribution >= 4 is 39.8 Å². The number of hydrogen-bond acceptors (Lipinski definition) is 7. The molecular formula is C13H18N6OS2. The first kappa shape index (κ1) is 15.3. The van der Waals surface area contributed by atoms with E-state index in [1.165, 1.54) is 35.9 Å². The number of thioether (sulfide) groups is 1. The lowest BCUT2D eigenvalue weighted by molar-refractivity contribution is -0.113. The van der Waals surface area contributed by atoms with Crippen molar-refractivity contribution in [3.63, 3.8) is 0 Å². The van der Waals surface area contributed by atoms with Crippen LogP contribution in [0.15, 0.2) is 4.34 Å². The van der Waals surface area contributed by atoms with E-state index in [0.717, 1.165) is 26.5 Å². The maximum absolute atomic E-state index is 12.1. The van der Waals surface area contributed by atoms with Crippen LogP contribution in [0.25, 0.3) is 0 Å². The lowest BCUT2D eigenvalue weighted by Gasteiger charge is -2.04. The highest BCUT2D eigenvalue weighted by Gasteiger charge is 2.22. The Hall–Kier alpha value is -1.61. The Morgan fingerprint density at radius 2 is 2.18 bits per heavy atom. The predicted octanol–water partition coefficient (Wildman–Crippen LogP) is 2.19. The lowest BCUT2D eigenvalue weighted by atomic mass is 10.3. The van der Waals surface area contributed by atoms with Gasteiger partial charge in [0.2, 0.25) is 11.0 Å². The maximum atomic E-state index is 12.1. The summed E-state index contributed by atoms with van der Waals surface area (Å²) in [6.45, 7) is 3.82. The minimum absolute atomic E-state index is 0.0592. The van der Waals surface area contributed by atoms with E-state index in [2.05, 4.69) is 25.9 Å². The molecule has 0 unspecified atom stereocenters. The molecule has 2 heterocycles. The molecule has 1 aliphatic carbocycles. The van der Waals surface area contributed by atoms with E-state index in [-0.39, 0.29) is 5.91 Å². The number of hydrogen-bond donors (Lipinski definition) is 2. The largest absolute Gasteiger partial charge is 0.357 e. The fraction of sp³-hybridized carbons (Fsp3) is 0.538. The summed E-state index contributed by atoms with van der Waals surface area (Å²) >= 11 is 2.89. The summed E-state index contributed by atoms with van der Waals surface area (Å²) in [6, 6.07) is 0.561. The van der Waals surface area contributed by atoms with Gasteiger partial charge in [0.15, 0.2) is 4.34 Å². The molecule has 2 aromatic heterocycles. The molecule has 1 fully saturated rings. The van der Waals surface area contributed by atoms with Gasteiger partial charge in [-0.25, -0.2) is 0 Å². The predicted molar refractivity (Wildman–Crippen MR) is 88.6 cm³/mol. The Morgan fingerprint density at radius 1 is 1.41 bits per heavy atom. The van der Waals surface area contributed by atoms with Gasteiger partial charge in [-0.1, -0.05) is 23.1 Å². The Bertz CT molecular complexity index is 691. The summed E-state index contributed by atoms with van der Waals surface area (Å²) in [7, 11) is 1.86. The molecule has 0 saturated heterocycles. The van der Waals surface area contributed by atoms with E-state index in [1.807, 2.05) is 20.9 Å². The van der Waals surface area contributed by atoms with Crippen molar-refractivity contribution in [2.75, 3.05) is 16.4 Å². The first-order valence-electron chi connectivity index (χ1n) is 7.06. The van der Waals surface area contributed by atoms with Crippen LogP contribution >= 0.6 is 23.1 Å². The second-order valence-electron chi connectivity index (χ2n) is 5.30. The van der Waals surface area contributed by atoms with Crippen LogP contribution in [-0.2, 0) is 11.8 Å². The number of anilines is 2. The molecule has 0 spiro atoms.